The fraction of sp³-hybridized carbons (Fsp3) is 0.143. The molecule has 0 bridgehead atoms. The van der Waals surface area contributed by atoms with Gasteiger partial charge in [0.25, 0.3) is 11.8 Å². The zero-order valence-electron chi connectivity index (χ0n) is 16.6. The molecular weight excluding hydrogens is 427 g/mol. The molecule has 0 atom stereocenters. The fourth-order valence-corrected chi connectivity index (χ4v) is 3.08. The van der Waals surface area contributed by atoms with Crippen molar-refractivity contribution in [3.63, 3.8) is 0 Å². The number of carbonyl (C=O) groups excluding carboxylic acids is 2. The van der Waals surface area contributed by atoms with Crippen LogP contribution in [0.5, 0.6) is 0 Å². The highest BCUT2D eigenvalue weighted by atomic mass is 19.4. The van der Waals surface area contributed by atoms with Crippen LogP contribution in [0, 0.1) is 6.92 Å². The molecule has 11 heteroatoms. The lowest BCUT2D eigenvalue weighted by Gasteiger charge is -2.12. The monoisotopic (exact) mass is 443 g/mol. The molecule has 2 N–H and O–H groups in total. The van der Waals surface area contributed by atoms with Gasteiger partial charge in [0.1, 0.15) is 0 Å². The average molecular weight is 443 g/mol. The minimum Gasteiger partial charge on any atom is -0.359 e. The molecule has 0 saturated carbocycles. The largest absolute Gasteiger partial charge is 0.416 e. The molecule has 3 aromatic heterocycles. The molecule has 32 heavy (non-hydrogen) atoms. The maximum atomic E-state index is 13.1. The van der Waals surface area contributed by atoms with Crippen molar-refractivity contribution >= 4 is 23.0 Å². The van der Waals surface area contributed by atoms with Crippen LogP contribution in [0.1, 0.15) is 37.7 Å². The molecule has 0 aliphatic rings. The summed E-state index contributed by atoms with van der Waals surface area (Å²) in [6, 6.07) is 10.1. The Kier molecular flexibility index (Phi) is 5.39. The number of nitrogens with one attached hydrogen (secondary N) is 2. The average Bonchev–Trinajstić information content (AvgIpc) is 3.40. The van der Waals surface area contributed by atoms with Crippen LogP contribution >= 0.6 is 0 Å². The number of hydrogen-bond acceptors (Lipinski definition) is 5. The molecule has 0 aliphatic carbocycles. The zero-order valence-corrected chi connectivity index (χ0v) is 16.6. The second-order valence-corrected chi connectivity index (χ2v) is 6.93. The van der Waals surface area contributed by atoms with Gasteiger partial charge in [-0.2, -0.15) is 18.3 Å². The van der Waals surface area contributed by atoms with E-state index in [1.807, 2.05) is 0 Å². The van der Waals surface area contributed by atoms with Crippen molar-refractivity contribution in [1.29, 1.82) is 0 Å². The number of nitrogens with zero attached hydrogens (tertiary/aromatic N) is 3. The van der Waals surface area contributed by atoms with Gasteiger partial charge in [-0.1, -0.05) is 17.3 Å². The third kappa shape index (κ3) is 4.31. The van der Waals surface area contributed by atoms with Crippen LogP contribution in [0.4, 0.5) is 18.9 Å². The van der Waals surface area contributed by atoms with Crippen molar-refractivity contribution in [3.8, 4) is 0 Å². The lowest BCUT2D eigenvalue weighted by atomic mass is 10.1. The summed E-state index contributed by atoms with van der Waals surface area (Å²) >= 11 is 0. The smallest absolute Gasteiger partial charge is 0.359 e. The molecule has 8 nitrogen and oxygen atoms in total. The van der Waals surface area contributed by atoms with Crippen LogP contribution in [0.2, 0.25) is 0 Å². The van der Waals surface area contributed by atoms with E-state index in [9.17, 15) is 22.8 Å². The van der Waals surface area contributed by atoms with E-state index in [1.165, 1.54) is 31.3 Å². The van der Waals surface area contributed by atoms with E-state index in [2.05, 4.69) is 20.9 Å². The predicted molar refractivity (Wildman–Crippen MR) is 107 cm³/mol. The van der Waals surface area contributed by atoms with Crippen LogP contribution in [0.3, 0.4) is 0 Å². The number of fused-ring (bicyclic) bond motifs is 1. The molecule has 0 aliphatic heterocycles. The third-order valence-electron chi connectivity index (χ3n) is 4.69. The predicted octanol–water partition coefficient (Wildman–Crippen LogP) is 3.83. The van der Waals surface area contributed by atoms with Crippen molar-refractivity contribution in [2.75, 3.05) is 5.32 Å². The van der Waals surface area contributed by atoms with Gasteiger partial charge in [0, 0.05) is 18.0 Å². The molecule has 4 aromatic rings. The summed E-state index contributed by atoms with van der Waals surface area (Å²) in [5.74, 6) is -0.946. The maximum absolute atomic E-state index is 13.1. The van der Waals surface area contributed by atoms with Gasteiger partial charge in [-0.05, 0) is 36.8 Å². The Bertz CT molecular complexity index is 1310. The molecule has 2 amide bonds. The molecule has 0 spiro atoms. The Morgan fingerprint density at radius 3 is 2.72 bits per heavy atom. The number of hydrogen-bond donors (Lipinski definition) is 2. The fourth-order valence-electron chi connectivity index (χ4n) is 3.08. The third-order valence-corrected chi connectivity index (χ3v) is 4.69. The second-order valence-electron chi connectivity index (χ2n) is 6.93. The van der Waals surface area contributed by atoms with Gasteiger partial charge in [-0.3, -0.25) is 9.59 Å². The zero-order chi connectivity index (χ0) is 22.9. The molecule has 0 saturated heterocycles. The Morgan fingerprint density at radius 2 is 1.94 bits per heavy atom. The van der Waals surface area contributed by atoms with E-state index in [0.717, 1.165) is 6.07 Å². The maximum Gasteiger partial charge on any atom is 0.416 e. The first-order valence-corrected chi connectivity index (χ1v) is 9.38. The summed E-state index contributed by atoms with van der Waals surface area (Å²) in [6.07, 6.45) is -1.40. The quantitative estimate of drug-likeness (QED) is 0.488. The topological polar surface area (TPSA) is 102 Å². The van der Waals surface area contributed by atoms with E-state index in [4.69, 9.17) is 4.52 Å². The summed E-state index contributed by atoms with van der Waals surface area (Å²) < 4.78 is 45.8. The van der Waals surface area contributed by atoms with Crippen molar-refractivity contribution < 1.29 is 27.3 Å². The van der Waals surface area contributed by atoms with Gasteiger partial charge >= 0.3 is 6.18 Å². The first kappa shape index (κ1) is 21.1. The van der Waals surface area contributed by atoms with Gasteiger partial charge in [0.05, 0.1) is 29.4 Å². The molecule has 164 valence electrons. The van der Waals surface area contributed by atoms with Gasteiger partial charge < -0.3 is 15.2 Å². The molecule has 0 fully saturated rings. The number of benzene rings is 1. The van der Waals surface area contributed by atoms with E-state index < -0.39 is 23.6 Å². The number of rotatable bonds is 5. The number of carbonyl (C=O) groups is 2. The van der Waals surface area contributed by atoms with Gasteiger partial charge in [-0.15, -0.1) is 0 Å². The van der Waals surface area contributed by atoms with Crippen molar-refractivity contribution in [3.05, 3.63) is 83.0 Å². The summed E-state index contributed by atoms with van der Waals surface area (Å²) in [5, 5.41) is 12.7. The van der Waals surface area contributed by atoms with Crippen LogP contribution in [0.25, 0.3) is 5.52 Å². The first-order chi connectivity index (χ1) is 15.2. The Morgan fingerprint density at radius 1 is 1.12 bits per heavy atom. The summed E-state index contributed by atoms with van der Waals surface area (Å²) in [4.78, 5) is 24.7. The minimum atomic E-state index is -4.54. The number of amides is 2. The number of aryl methyl sites for hydroxylation is 1. The lowest BCUT2D eigenvalue weighted by molar-refractivity contribution is -0.138. The van der Waals surface area contributed by atoms with Crippen molar-refractivity contribution in [1.82, 2.24) is 20.1 Å². The normalized spacial score (nSPS) is 11.5. The van der Waals surface area contributed by atoms with E-state index in [1.54, 1.807) is 28.9 Å². The lowest BCUT2D eigenvalue weighted by Crippen LogP contribution is -2.22. The number of alkyl halides is 3. The molecular formula is C21H16F3N5O3. The number of aromatic nitrogens is 3. The molecule has 0 unspecified atom stereocenters. The van der Waals surface area contributed by atoms with E-state index in [-0.39, 0.29) is 29.2 Å². The minimum absolute atomic E-state index is 0.0288. The standard InChI is InChI=1S/C21H16F3N5O3/c1-12-5-6-13(8-16(12)21(22,23)24)27-20(31)17-9-14(32-28-17)10-25-19(30)15-11-26-29-7-3-2-4-18(15)29/h2-9,11H,10H2,1H3,(H,25,30)(H,27,31). The van der Waals surface area contributed by atoms with E-state index >= 15 is 0 Å². The highest BCUT2D eigenvalue weighted by molar-refractivity contribution is 6.03. The SMILES string of the molecule is Cc1ccc(NC(=O)c2cc(CNC(=O)c3cnn4ccccc34)on2)cc1C(F)(F)F. The summed E-state index contributed by atoms with van der Waals surface area (Å²) in [7, 11) is 0. The van der Waals surface area contributed by atoms with Crippen LogP contribution < -0.4 is 10.6 Å². The molecule has 3 heterocycles. The molecule has 4 rings (SSSR count). The molecule has 1 aromatic carbocycles. The van der Waals surface area contributed by atoms with Crippen LogP contribution in [0.15, 0.2) is 59.4 Å². The Hall–Kier alpha value is -4.15. The van der Waals surface area contributed by atoms with Crippen molar-refractivity contribution in [2.24, 2.45) is 0 Å². The first-order valence-electron chi connectivity index (χ1n) is 9.38. The number of pyridine rings is 1. The number of halogens is 3. The van der Waals surface area contributed by atoms with Crippen LogP contribution in [-0.4, -0.2) is 26.6 Å². The molecule has 0 radical (unpaired) electrons. The Labute approximate surface area is 179 Å². The number of anilines is 1. The second kappa shape index (κ2) is 8.17. The van der Waals surface area contributed by atoms with Crippen LogP contribution in [-0.2, 0) is 12.7 Å². The highest BCUT2D eigenvalue weighted by Crippen LogP contribution is 2.33. The van der Waals surface area contributed by atoms with Gasteiger partial charge in [0.15, 0.2) is 11.5 Å². The Balaban J connectivity index is 1.40. The summed E-state index contributed by atoms with van der Waals surface area (Å²) in [5.41, 5.74) is 0.0211. The summed E-state index contributed by atoms with van der Waals surface area (Å²) in [6.45, 7) is 1.28. The highest BCUT2D eigenvalue weighted by Gasteiger charge is 2.32. The van der Waals surface area contributed by atoms with Crippen molar-refractivity contribution in [2.45, 2.75) is 19.6 Å². The van der Waals surface area contributed by atoms with Gasteiger partial charge in [0.2, 0.25) is 0 Å². The van der Waals surface area contributed by atoms with E-state index in [0.29, 0.717) is 11.1 Å². The van der Waals surface area contributed by atoms with Gasteiger partial charge in [-0.25, -0.2) is 4.52 Å².